The summed E-state index contributed by atoms with van der Waals surface area (Å²) in [6.45, 7) is 1.56. The maximum Gasteiger partial charge on any atom is 0.306 e. The average molecular weight is 398 g/mol. The van der Waals surface area contributed by atoms with Crippen molar-refractivity contribution >= 4 is 33.4 Å². The van der Waals surface area contributed by atoms with Crippen LogP contribution in [0.1, 0.15) is 28.9 Å². The molecule has 0 saturated carbocycles. The van der Waals surface area contributed by atoms with Crippen LogP contribution in [-0.2, 0) is 11.3 Å². The van der Waals surface area contributed by atoms with Crippen molar-refractivity contribution in [2.24, 2.45) is 5.92 Å². The molecular weight excluding hydrogens is 376 g/mol. The van der Waals surface area contributed by atoms with Gasteiger partial charge < -0.3 is 19.3 Å². The Kier molecular flexibility index (Phi) is 5.09. The molecule has 0 unspecified atom stereocenters. The van der Waals surface area contributed by atoms with Gasteiger partial charge in [-0.2, -0.15) is 0 Å². The van der Waals surface area contributed by atoms with Crippen LogP contribution in [0, 0.1) is 5.92 Å². The normalized spacial score (nSPS) is 15.1. The highest BCUT2D eigenvalue weighted by molar-refractivity contribution is 7.17. The monoisotopic (exact) mass is 398 g/mol. The Bertz CT molecular complexity index is 997. The van der Waals surface area contributed by atoms with E-state index in [0.717, 1.165) is 21.5 Å². The zero-order chi connectivity index (χ0) is 19.7. The van der Waals surface area contributed by atoms with E-state index in [2.05, 4.69) is 4.57 Å². The van der Waals surface area contributed by atoms with Gasteiger partial charge in [-0.3, -0.25) is 9.59 Å². The van der Waals surface area contributed by atoms with Gasteiger partial charge in [0.2, 0.25) is 0 Å². The number of benzene rings is 1. The molecule has 3 aromatic rings. The molecule has 146 valence electrons. The Hall–Kier alpha value is -2.80. The van der Waals surface area contributed by atoms with Gasteiger partial charge in [-0.25, -0.2) is 0 Å². The fourth-order valence-electron chi connectivity index (χ4n) is 3.73. The summed E-state index contributed by atoms with van der Waals surface area (Å²) in [7, 11) is 1.64. The molecule has 0 radical (unpaired) electrons. The van der Waals surface area contributed by atoms with Crippen molar-refractivity contribution in [3.05, 3.63) is 53.0 Å². The van der Waals surface area contributed by atoms with Gasteiger partial charge in [-0.15, -0.1) is 11.3 Å². The van der Waals surface area contributed by atoms with Crippen molar-refractivity contribution < 1.29 is 19.4 Å². The lowest BCUT2D eigenvalue weighted by atomic mass is 9.97. The Labute approximate surface area is 166 Å². The van der Waals surface area contributed by atoms with Crippen molar-refractivity contribution in [2.45, 2.75) is 19.4 Å². The second-order valence-corrected chi connectivity index (χ2v) is 7.99. The quantitative estimate of drug-likeness (QED) is 0.711. The molecule has 6 nitrogen and oxygen atoms in total. The third-order valence-corrected chi connectivity index (χ3v) is 6.23. The fraction of sp³-hybridized carbons (Fsp3) is 0.333. The van der Waals surface area contributed by atoms with E-state index in [1.807, 2.05) is 41.8 Å². The number of hydrogen-bond donors (Lipinski definition) is 1. The number of fused-ring (bicyclic) bond motifs is 1. The van der Waals surface area contributed by atoms with Crippen molar-refractivity contribution in [1.82, 2.24) is 9.47 Å². The number of piperidine rings is 1. The molecular formula is C21H22N2O4S. The maximum atomic E-state index is 13.2. The van der Waals surface area contributed by atoms with Gasteiger partial charge in [0, 0.05) is 19.6 Å². The first kappa shape index (κ1) is 18.6. The molecule has 7 heteroatoms. The van der Waals surface area contributed by atoms with Gasteiger partial charge >= 0.3 is 5.97 Å². The second-order valence-electron chi connectivity index (χ2n) is 7.04. The highest BCUT2D eigenvalue weighted by Gasteiger charge is 2.29. The van der Waals surface area contributed by atoms with Crippen LogP contribution in [0.15, 0.2) is 41.8 Å². The van der Waals surface area contributed by atoms with Crippen molar-refractivity contribution in [3.8, 4) is 5.75 Å². The van der Waals surface area contributed by atoms with Crippen molar-refractivity contribution in [2.75, 3.05) is 20.2 Å². The average Bonchev–Trinajstić information content (AvgIpc) is 3.31. The number of amides is 1. The van der Waals surface area contributed by atoms with Crippen molar-refractivity contribution in [1.29, 1.82) is 0 Å². The number of carboxylic acids is 1. The van der Waals surface area contributed by atoms with Crippen LogP contribution in [-0.4, -0.2) is 46.6 Å². The smallest absolute Gasteiger partial charge is 0.306 e. The largest absolute Gasteiger partial charge is 0.497 e. The second kappa shape index (κ2) is 7.67. The van der Waals surface area contributed by atoms with Gasteiger partial charge in [0.25, 0.3) is 5.91 Å². The Morgan fingerprint density at radius 1 is 1.18 bits per heavy atom. The number of rotatable bonds is 5. The summed E-state index contributed by atoms with van der Waals surface area (Å²) in [5.41, 5.74) is 2.79. The summed E-state index contributed by atoms with van der Waals surface area (Å²) in [6.07, 6.45) is 1.02. The van der Waals surface area contributed by atoms with Gasteiger partial charge in [-0.1, -0.05) is 12.1 Å². The van der Waals surface area contributed by atoms with E-state index in [0.29, 0.717) is 38.2 Å². The lowest BCUT2D eigenvalue weighted by Gasteiger charge is -2.30. The molecule has 1 amide bonds. The first-order chi connectivity index (χ1) is 13.6. The molecule has 0 aliphatic carbocycles. The Morgan fingerprint density at radius 3 is 2.54 bits per heavy atom. The van der Waals surface area contributed by atoms with E-state index in [9.17, 15) is 14.7 Å². The molecule has 3 heterocycles. The van der Waals surface area contributed by atoms with Gasteiger partial charge in [0.05, 0.1) is 23.2 Å². The maximum absolute atomic E-state index is 13.2. The number of aliphatic carboxylic acids is 1. The number of nitrogens with zero attached hydrogens (tertiary/aromatic N) is 2. The van der Waals surface area contributed by atoms with Gasteiger partial charge in [-0.05, 0) is 48.1 Å². The van der Waals surface area contributed by atoms with Crippen LogP contribution in [0.25, 0.3) is 10.2 Å². The lowest BCUT2D eigenvalue weighted by Crippen LogP contribution is -2.41. The number of carbonyl (C=O) groups excluding carboxylic acids is 1. The molecule has 1 saturated heterocycles. The van der Waals surface area contributed by atoms with E-state index in [1.54, 1.807) is 23.3 Å². The summed E-state index contributed by atoms with van der Waals surface area (Å²) in [6, 6.07) is 11.8. The van der Waals surface area contributed by atoms with Gasteiger partial charge in [0.15, 0.2) is 0 Å². The number of carbonyl (C=O) groups is 2. The lowest BCUT2D eigenvalue weighted by molar-refractivity contribution is -0.143. The topological polar surface area (TPSA) is 71.8 Å². The molecule has 28 heavy (non-hydrogen) atoms. The molecule has 1 N–H and O–H groups in total. The molecule has 1 aliphatic rings. The first-order valence-corrected chi connectivity index (χ1v) is 10.2. The minimum Gasteiger partial charge on any atom is -0.497 e. The predicted molar refractivity (Wildman–Crippen MR) is 108 cm³/mol. The van der Waals surface area contributed by atoms with E-state index in [1.165, 1.54) is 0 Å². The summed E-state index contributed by atoms with van der Waals surface area (Å²) < 4.78 is 8.36. The van der Waals surface area contributed by atoms with Crippen LogP contribution >= 0.6 is 11.3 Å². The van der Waals surface area contributed by atoms with Crippen LogP contribution in [0.3, 0.4) is 0 Å². The number of hydrogen-bond acceptors (Lipinski definition) is 4. The number of aromatic nitrogens is 1. The predicted octanol–water partition coefficient (Wildman–Crippen LogP) is 3.70. The number of likely N-dealkylation sites (tertiary alicyclic amines) is 1. The highest BCUT2D eigenvalue weighted by Crippen LogP contribution is 2.28. The fourth-order valence-corrected chi connectivity index (χ4v) is 4.55. The molecule has 1 aliphatic heterocycles. The van der Waals surface area contributed by atoms with E-state index < -0.39 is 5.97 Å². The van der Waals surface area contributed by atoms with E-state index in [4.69, 9.17) is 4.74 Å². The van der Waals surface area contributed by atoms with Crippen LogP contribution in [0.5, 0.6) is 5.75 Å². The summed E-state index contributed by atoms with van der Waals surface area (Å²) >= 11 is 1.62. The molecule has 1 aromatic carbocycles. The molecule has 0 atom stereocenters. The molecule has 0 bridgehead atoms. The summed E-state index contributed by atoms with van der Waals surface area (Å²) in [5.74, 6) is -0.343. The van der Waals surface area contributed by atoms with E-state index >= 15 is 0 Å². The minimum absolute atomic E-state index is 0.0271. The Morgan fingerprint density at radius 2 is 1.89 bits per heavy atom. The zero-order valence-corrected chi connectivity index (χ0v) is 16.4. The van der Waals surface area contributed by atoms with E-state index in [-0.39, 0.29) is 11.8 Å². The molecule has 2 aromatic heterocycles. The number of methoxy groups -OCH3 is 1. The molecule has 1 fully saturated rings. The van der Waals surface area contributed by atoms with Gasteiger partial charge in [0.1, 0.15) is 11.4 Å². The molecule has 0 spiro atoms. The number of ether oxygens (including phenoxy) is 1. The van der Waals surface area contributed by atoms with Crippen molar-refractivity contribution in [3.63, 3.8) is 0 Å². The zero-order valence-electron chi connectivity index (χ0n) is 15.6. The number of carboxylic acid groups (broad SMARTS) is 1. The third-order valence-electron chi connectivity index (χ3n) is 5.37. The Balaban J connectivity index is 1.60. The molecule has 4 rings (SSSR count). The highest BCUT2D eigenvalue weighted by atomic mass is 32.1. The minimum atomic E-state index is -0.768. The van der Waals surface area contributed by atoms with Crippen LogP contribution in [0.4, 0.5) is 0 Å². The standard InChI is InChI=1S/C21H22N2O4S/c1-27-16-4-2-14(3-5-16)13-23-17-8-11-28-19(17)12-18(23)20(24)22-9-6-15(7-10-22)21(25)26/h2-5,8,11-12,15H,6-7,9-10,13H2,1H3,(H,25,26). The first-order valence-electron chi connectivity index (χ1n) is 9.28. The third kappa shape index (κ3) is 3.49. The van der Waals surface area contributed by atoms with Crippen LogP contribution < -0.4 is 4.74 Å². The summed E-state index contributed by atoms with van der Waals surface area (Å²) in [5, 5.41) is 11.2. The number of thiophene rings is 1. The SMILES string of the molecule is COc1ccc(Cn2c(C(=O)N3CCC(C(=O)O)CC3)cc3sccc32)cc1. The summed E-state index contributed by atoms with van der Waals surface area (Å²) in [4.78, 5) is 26.1. The van der Waals surface area contributed by atoms with Crippen LogP contribution in [0.2, 0.25) is 0 Å².